The van der Waals surface area contributed by atoms with E-state index in [0.717, 1.165) is 22.4 Å². The number of rotatable bonds is 1. The Hall–Kier alpha value is -2.55. The van der Waals surface area contributed by atoms with Crippen molar-refractivity contribution in [3.63, 3.8) is 0 Å². The van der Waals surface area contributed by atoms with Crippen LogP contribution in [0.25, 0.3) is 11.8 Å². The van der Waals surface area contributed by atoms with Crippen molar-refractivity contribution in [2.24, 2.45) is 0 Å². The van der Waals surface area contributed by atoms with Gasteiger partial charge in [-0.05, 0) is 43.5 Å². The average molecular weight is 307 g/mol. The lowest BCUT2D eigenvalue weighted by molar-refractivity contribution is 0.0341. The van der Waals surface area contributed by atoms with Crippen LogP contribution in [0, 0.1) is 0 Å². The van der Waals surface area contributed by atoms with Crippen molar-refractivity contribution < 1.29 is 9.53 Å². The highest BCUT2D eigenvalue weighted by atomic mass is 16.6. The molecule has 0 saturated heterocycles. The van der Waals surface area contributed by atoms with E-state index in [2.05, 4.69) is 12.1 Å². The second-order valence-electron chi connectivity index (χ2n) is 6.66. The second-order valence-corrected chi connectivity index (χ2v) is 6.66. The molecular weight excluding hydrogens is 286 g/mol. The van der Waals surface area contributed by atoms with Crippen LogP contribution < -0.4 is 0 Å². The molecule has 1 aliphatic heterocycles. The summed E-state index contributed by atoms with van der Waals surface area (Å²) in [4.78, 5) is 14.4. The minimum Gasteiger partial charge on any atom is -0.443 e. The summed E-state index contributed by atoms with van der Waals surface area (Å²) in [6.07, 6.45) is 1.74. The van der Waals surface area contributed by atoms with E-state index in [4.69, 9.17) is 4.74 Å². The summed E-state index contributed by atoms with van der Waals surface area (Å²) >= 11 is 0. The Balaban J connectivity index is 2.03. The second kappa shape index (κ2) is 5.92. The lowest BCUT2D eigenvalue weighted by atomic mass is 9.98. The van der Waals surface area contributed by atoms with Crippen molar-refractivity contribution in [2.75, 3.05) is 0 Å². The van der Waals surface area contributed by atoms with Gasteiger partial charge >= 0.3 is 6.09 Å². The highest BCUT2D eigenvalue weighted by Crippen LogP contribution is 2.32. The maximum atomic E-state index is 12.7. The van der Waals surface area contributed by atoms with Gasteiger partial charge in [-0.3, -0.25) is 4.90 Å². The first-order chi connectivity index (χ1) is 10.9. The minimum atomic E-state index is -0.518. The summed E-state index contributed by atoms with van der Waals surface area (Å²) in [5, 5.41) is 0. The molecule has 118 valence electrons. The molecule has 0 fully saturated rings. The zero-order valence-electron chi connectivity index (χ0n) is 13.7. The fraction of sp³-hybridized carbons (Fsp3) is 0.250. The maximum Gasteiger partial charge on any atom is 0.415 e. The average Bonchev–Trinajstić information content (AvgIpc) is 2.53. The summed E-state index contributed by atoms with van der Waals surface area (Å²) in [7, 11) is 0. The molecule has 0 bridgehead atoms. The molecule has 2 aromatic rings. The van der Waals surface area contributed by atoms with E-state index in [9.17, 15) is 4.79 Å². The van der Waals surface area contributed by atoms with Gasteiger partial charge in [0.15, 0.2) is 0 Å². The van der Waals surface area contributed by atoms with Crippen molar-refractivity contribution in [3.8, 4) is 0 Å². The van der Waals surface area contributed by atoms with E-state index in [-0.39, 0.29) is 6.09 Å². The lowest BCUT2D eigenvalue weighted by Gasteiger charge is -2.32. The Morgan fingerprint density at radius 3 is 2.35 bits per heavy atom. The molecule has 0 saturated carbocycles. The molecule has 1 heterocycles. The third-order valence-electron chi connectivity index (χ3n) is 3.65. The fourth-order valence-electron chi connectivity index (χ4n) is 2.63. The number of nitrogens with zero attached hydrogens (tertiary/aromatic N) is 1. The molecule has 0 aromatic heterocycles. The van der Waals surface area contributed by atoms with Gasteiger partial charge in [0.1, 0.15) is 5.60 Å². The number of ether oxygens (including phenoxy) is 1. The first-order valence-electron chi connectivity index (χ1n) is 7.79. The van der Waals surface area contributed by atoms with Crippen LogP contribution in [0.2, 0.25) is 0 Å². The number of amides is 1. The first-order valence-corrected chi connectivity index (χ1v) is 7.79. The van der Waals surface area contributed by atoms with Crippen molar-refractivity contribution in [3.05, 3.63) is 71.3 Å². The van der Waals surface area contributed by atoms with Crippen LogP contribution in [-0.4, -0.2) is 16.6 Å². The predicted octanol–water partition coefficient (Wildman–Crippen LogP) is 4.94. The normalized spacial score (nSPS) is 14.0. The topological polar surface area (TPSA) is 29.5 Å². The van der Waals surface area contributed by atoms with Gasteiger partial charge in [0.2, 0.25) is 0 Å². The molecule has 0 atom stereocenters. The van der Waals surface area contributed by atoms with Gasteiger partial charge in [-0.15, -0.1) is 0 Å². The smallest absolute Gasteiger partial charge is 0.415 e. The molecule has 0 unspecified atom stereocenters. The number of carbonyl (C=O) groups excluding carboxylic acids is 1. The summed E-state index contributed by atoms with van der Waals surface area (Å²) in [5.41, 5.74) is 3.63. The molecule has 3 heteroatoms. The van der Waals surface area contributed by atoms with E-state index in [1.165, 1.54) is 0 Å². The van der Waals surface area contributed by atoms with Gasteiger partial charge in [0, 0.05) is 0 Å². The van der Waals surface area contributed by atoms with E-state index < -0.39 is 5.60 Å². The quantitative estimate of drug-likeness (QED) is 0.747. The summed E-state index contributed by atoms with van der Waals surface area (Å²) in [5.74, 6) is 0. The minimum absolute atomic E-state index is 0.317. The zero-order valence-corrected chi connectivity index (χ0v) is 13.7. The van der Waals surface area contributed by atoms with Gasteiger partial charge in [0.05, 0.1) is 12.2 Å². The summed E-state index contributed by atoms with van der Waals surface area (Å²) in [6, 6.07) is 18.1. The molecule has 3 rings (SSSR count). The van der Waals surface area contributed by atoms with Gasteiger partial charge in [-0.2, -0.15) is 0 Å². The number of hydrogen-bond donors (Lipinski definition) is 0. The molecule has 0 radical (unpaired) electrons. The predicted molar refractivity (Wildman–Crippen MR) is 92.5 cm³/mol. The number of benzene rings is 2. The van der Waals surface area contributed by atoms with E-state index >= 15 is 0 Å². The van der Waals surface area contributed by atoms with Gasteiger partial charge < -0.3 is 4.74 Å². The van der Waals surface area contributed by atoms with E-state index in [1.807, 2.05) is 69.3 Å². The third-order valence-corrected chi connectivity index (χ3v) is 3.65. The number of fused-ring (bicyclic) bond motifs is 1. The zero-order chi connectivity index (χ0) is 16.4. The van der Waals surface area contributed by atoms with Crippen LogP contribution in [0.4, 0.5) is 4.79 Å². The van der Waals surface area contributed by atoms with E-state index in [1.54, 1.807) is 4.90 Å². The van der Waals surface area contributed by atoms with Crippen LogP contribution >= 0.6 is 0 Å². The standard InChI is InChI=1S/C20H21NO2/c1-20(2,3)23-19(22)21-14-17-12-8-7-11-16(17)13-18(21)15-9-5-4-6-10-15/h4-13H,14H2,1-3H3. The Kier molecular flexibility index (Phi) is 3.95. The molecule has 1 amide bonds. The van der Waals surface area contributed by atoms with Crippen LogP contribution in [-0.2, 0) is 11.3 Å². The third kappa shape index (κ3) is 3.45. The van der Waals surface area contributed by atoms with Crippen LogP contribution in [0.3, 0.4) is 0 Å². The monoisotopic (exact) mass is 307 g/mol. The molecule has 1 aliphatic rings. The Labute approximate surface area is 137 Å². The fourth-order valence-corrected chi connectivity index (χ4v) is 2.63. The lowest BCUT2D eigenvalue weighted by Crippen LogP contribution is -2.36. The van der Waals surface area contributed by atoms with Crippen molar-refractivity contribution >= 4 is 17.9 Å². The van der Waals surface area contributed by atoms with Crippen LogP contribution in [0.5, 0.6) is 0 Å². The molecule has 2 aromatic carbocycles. The van der Waals surface area contributed by atoms with Crippen molar-refractivity contribution in [1.82, 2.24) is 4.90 Å². The van der Waals surface area contributed by atoms with Gasteiger partial charge in [0.25, 0.3) is 0 Å². The molecule has 0 aliphatic carbocycles. The Bertz CT molecular complexity index is 742. The van der Waals surface area contributed by atoms with Crippen molar-refractivity contribution in [2.45, 2.75) is 32.9 Å². The number of carbonyl (C=O) groups is 1. The van der Waals surface area contributed by atoms with Crippen LogP contribution in [0.1, 0.15) is 37.5 Å². The molecule has 0 N–H and O–H groups in total. The molecular formula is C20H21NO2. The summed E-state index contributed by atoms with van der Waals surface area (Å²) < 4.78 is 5.59. The first kappa shape index (κ1) is 15.3. The van der Waals surface area contributed by atoms with E-state index in [0.29, 0.717) is 6.54 Å². The molecule has 0 spiro atoms. The van der Waals surface area contributed by atoms with Gasteiger partial charge in [-0.1, -0.05) is 54.6 Å². The van der Waals surface area contributed by atoms with Gasteiger partial charge in [-0.25, -0.2) is 4.79 Å². The highest BCUT2D eigenvalue weighted by Gasteiger charge is 2.28. The SMILES string of the molecule is CC(C)(C)OC(=O)N1Cc2ccccc2C=C1c1ccccc1. The Morgan fingerprint density at radius 2 is 1.65 bits per heavy atom. The molecule has 3 nitrogen and oxygen atoms in total. The van der Waals surface area contributed by atoms with Crippen LogP contribution in [0.15, 0.2) is 54.6 Å². The summed E-state index contributed by atoms with van der Waals surface area (Å²) in [6.45, 7) is 6.17. The number of hydrogen-bond acceptors (Lipinski definition) is 2. The Morgan fingerprint density at radius 1 is 1.00 bits per heavy atom. The largest absolute Gasteiger partial charge is 0.443 e. The maximum absolute atomic E-state index is 12.7. The highest BCUT2D eigenvalue weighted by molar-refractivity contribution is 5.92. The van der Waals surface area contributed by atoms with Crippen molar-refractivity contribution in [1.29, 1.82) is 0 Å². The molecule has 23 heavy (non-hydrogen) atoms.